The molecule has 2 aromatic rings. The average molecular weight is 445 g/mol. The lowest BCUT2D eigenvalue weighted by Gasteiger charge is -2.10. The first-order chi connectivity index (χ1) is 11.4. The fourth-order valence-corrected chi connectivity index (χ4v) is 2.77. The summed E-state index contributed by atoms with van der Waals surface area (Å²) in [4.78, 5) is 27.0. The van der Waals surface area contributed by atoms with Crippen LogP contribution in [0.5, 0.6) is 17.4 Å². The summed E-state index contributed by atoms with van der Waals surface area (Å²) in [7, 11) is 3.04. The zero-order valence-electron chi connectivity index (χ0n) is 12.6. The smallest absolute Gasteiger partial charge is 0.395 e. The van der Waals surface area contributed by atoms with E-state index in [1.807, 2.05) is 6.07 Å². The Morgan fingerprint density at radius 1 is 1.33 bits per heavy atom. The third-order valence-electron chi connectivity index (χ3n) is 2.97. The van der Waals surface area contributed by atoms with Crippen molar-refractivity contribution >= 4 is 40.4 Å². The first-order valence-electron chi connectivity index (χ1n) is 6.44. The molecule has 0 radical (unpaired) electrons. The van der Waals surface area contributed by atoms with Crippen LogP contribution in [0.15, 0.2) is 16.9 Å². The first-order valence-corrected chi connectivity index (χ1v) is 7.52. The number of nitro groups is 1. The number of benzene rings is 1. The van der Waals surface area contributed by atoms with E-state index in [9.17, 15) is 20.0 Å². The van der Waals surface area contributed by atoms with Crippen molar-refractivity contribution in [2.75, 3.05) is 14.2 Å². The average Bonchev–Trinajstić information content (AvgIpc) is 2.51. The second kappa shape index (κ2) is 7.29. The Morgan fingerprint density at radius 3 is 2.58 bits per heavy atom. The van der Waals surface area contributed by atoms with Gasteiger partial charge in [-0.15, -0.1) is 0 Å². The Balaban J connectivity index is 2.40. The van der Waals surface area contributed by atoms with E-state index >= 15 is 0 Å². The number of nitrogens with zero attached hydrogens (tertiary/aromatic N) is 2. The predicted molar refractivity (Wildman–Crippen MR) is 94.4 cm³/mol. The number of hydrogen-bond donors (Lipinski definition) is 2. The first kappa shape index (κ1) is 17.7. The monoisotopic (exact) mass is 445 g/mol. The highest BCUT2D eigenvalue weighted by molar-refractivity contribution is 14.1. The third kappa shape index (κ3) is 3.64. The van der Waals surface area contributed by atoms with E-state index in [0.29, 0.717) is 11.5 Å². The molecule has 1 aromatic heterocycles. The molecule has 0 amide bonds. The number of methoxy groups -OCH3 is 2. The summed E-state index contributed by atoms with van der Waals surface area (Å²) in [5.74, 6) is 0.157. The van der Waals surface area contributed by atoms with Crippen LogP contribution in [0.2, 0.25) is 0 Å². The number of hydrogen-bond acceptors (Lipinski definition) is 7. The van der Waals surface area contributed by atoms with Gasteiger partial charge in [0.1, 0.15) is 5.82 Å². The van der Waals surface area contributed by atoms with Gasteiger partial charge in [0.05, 0.1) is 22.7 Å². The molecule has 0 aliphatic heterocycles. The number of aromatic amines is 1. The molecule has 0 aliphatic rings. The highest BCUT2D eigenvalue weighted by Crippen LogP contribution is 2.34. The number of halogens is 1. The van der Waals surface area contributed by atoms with E-state index in [4.69, 9.17) is 9.47 Å². The van der Waals surface area contributed by atoms with Crippen LogP contribution < -0.4 is 15.0 Å². The van der Waals surface area contributed by atoms with Crippen molar-refractivity contribution in [2.45, 2.75) is 0 Å². The summed E-state index contributed by atoms with van der Waals surface area (Å²) in [6.45, 7) is 0. The van der Waals surface area contributed by atoms with Gasteiger partial charge in [0, 0.05) is 0 Å². The van der Waals surface area contributed by atoms with Crippen LogP contribution in [-0.4, -0.2) is 34.2 Å². The molecule has 9 nitrogen and oxygen atoms in total. The van der Waals surface area contributed by atoms with Crippen molar-refractivity contribution in [3.05, 3.63) is 47.6 Å². The predicted octanol–water partition coefficient (Wildman–Crippen LogP) is 2.18. The molecule has 10 heteroatoms. The molecule has 0 aliphatic carbocycles. The van der Waals surface area contributed by atoms with E-state index in [0.717, 1.165) is 9.13 Å². The Bertz CT molecular complexity index is 878. The molecule has 0 atom stereocenters. The standard InChI is InChI=1S/C14H12IN3O6/c1-23-9-6-7(5-8(15)12(9)24-2)3-4-10-16-13(19)11(18(21)22)14(20)17-10/h3-6H,1-2H3,(H2,16,17,19,20)/b4-3+. The van der Waals surface area contributed by atoms with Crippen LogP contribution in [0.3, 0.4) is 0 Å². The topological polar surface area (TPSA) is 128 Å². The van der Waals surface area contributed by atoms with E-state index in [-0.39, 0.29) is 5.82 Å². The molecule has 1 heterocycles. The maximum Gasteiger partial charge on any atom is 0.395 e. The number of nitrogens with one attached hydrogen (secondary N) is 1. The minimum Gasteiger partial charge on any atom is -0.493 e. The summed E-state index contributed by atoms with van der Waals surface area (Å²) < 4.78 is 11.3. The number of aromatic nitrogens is 2. The Kier molecular flexibility index (Phi) is 5.39. The fourth-order valence-electron chi connectivity index (χ4n) is 1.92. The molecule has 0 bridgehead atoms. The summed E-state index contributed by atoms with van der Waals surface area (Å²) in [5.41, 5.74) is -1.31. The lowest BCUT2D eigenvalue weighted by atomic mass is 10.2. The zero-order chi connectivity index (χ0) is 17.9. The molecule has 2 N–H and O–H groups in total. The summed E-state index contributed by atoms with van der Waals surface area (Å²) in [6, 6.07) is 3.52. The van der Waals surface area contributed by atoms with Crippen molar-refractivity contribution in [2.24, 2.45) is 0 Å². The molecule has 0 fully saturated rings. The van der Waals surface area contributed by atoms with Gasteiger partial charge in [-0.2, -0.15) is 4.98 Å². The number of rotatable bonds is 5. The van der Waals surface area contributed by atoms with Gasteiger partial charge in [-0.3, -0.25) is 14.9 Å². The molecule has 0 spiro atoms. The fraction of sp³-hybridized carbons (Fsp3) is 0.143. The maximum absolute atomic E-state index is 11.6. The largest absolute Gasteiger partial charge is 0.493 e. The zero-order valence-corrected chi connectivity index (χ0v) is 14.7. The highest BCUT2D eigenvalue weighted by Gasteiger charge is 2.21. The van der Waals surface area contributed by atoms with Crippen molar-refractivity contribution in [3.63, 3.8) is 0 Å². The lowest BCUT2D eigenvalue weighted by molar-refractivity contribution is -0.387. The minimum absolute atomic E-state index is 0.0205. The van der Waals surface area contributed by atoms with Crippen LogP contribution in [0.25, 0.3) is 12.2 Å². The van der Waals surface area contributed by atoms with Gasteiger partial charge in [0.25, 0.3) is 5.88 Å². The van der Waals surface area contributed by atoms with Gasteiger partial charge >= 0.3 is 11.2 Å². The third-order valence-corrected chi connectivity index (χ3v) is 3.77. The van der Waals surface area contributed by atoms with Crippen LogP contribution in [0.4, 0.5) is 5.69 Å². The molecular weight excluding hydrogens is 433 g/mol. The van der Waals surface area contributed by atoms with Gasteiger partial charge in [0.2, 0.25) is 0 Å². The van der Waals surface area contributed by atoms with Gasteiger partial charge in [0.15, 0.2) is 11.5 Å². The van der Waals surface area contributed by atoms with Crippen LogP contribution in [-0.2, 0) is 0 Å². The Hall–Kier alpha value is -2.63. The molecular formula is C14H12IN3O6. The summed E-state index contributed by atoms with van der Waals surface area (Å²) in [5, 5.41) is 20.1. The van der Waals surface area contributed by atoms with Gasteiger partial charge in [-0.05, 0) is 46.4 Å². The van der Waals surface area contributed by atoms with Gasteiger partial charge in [-0.1, -0.05) is 6.08 Å². The minimum atomic E-state index is -1.03. The van der Waals surface area contributed by atoms with E-state index < -0.39 is 22.0 Å². The molecule has 2 rings (SSSR count). The number of ether oxygens (including phenoxy) is 2. The molecule has 0 saturated heterocycles. The second-order valence-corrected chi connectivity index (χ2v) is 5.61. The van der Waals surface area contributed by atoms with E-state index in [2.05, 4.69) is 32.6 Å². The second-order valence-electron chi connectivity index (χ2n) is 4.45. The Morgan fingerprint density at radius 2 is 2.04 bits per heavy atom. The van der Waals surface area contributed by atoms with Crippen molar-refractivity contribution in [1.82, 2.24) is 9.97 Å². The lowest BCUT2D eigenvalue weighted by Crippen LogP contribution is -2.14. The molecule has 126 valence electrons. The van der Waals surface area contributed by atoms with E-state index in [1.54, 1.807) is 12.1 Å². The summed E-state index contributed by atoms with van der Waals surface area (Å²) >= 11 is 2.08. The molecule has 0 saturated carbocycles. The van der Waals surface area contributed by atoms with Crippen LogP contribution in [0.1, 0.15) is 11.4 Å². The number of H-pyrrole nitrogens is 1. The van der Waals surface area contributed by atoms with Crippen molar-refractivity contribution < 1.29 is 19.5 Å². The molecule has 1 aromatic carbocycles. The van der Waals surface area contributed by atoms with Crippen molar-refractivity contribution in [3.8, 4) is 17.4 Å². The normalized spacial score (nSPS) is 10.8. The number of aromatic hydroxyl groups is 1. The molecule has 0 unspecified atom stereocenters. The molecule has 24 heavy (non-hydrogen) atoms. The Labute approximate surface area is 149 Å². The summed E-state index contributed by atoms with van der Waals surface area (Å²) in [6.07, 6.45) is 3.01. The van der Waals surface area contributed by atoms with Crippen molar-refractivity contribution in [1.29, 1.82) is 0 Å². The van der Waals surface area contributed by atoms with Crippen LogP contribution >= 0.6 is 22.6 Å². The SMILES string of the molecule is COc1cc(/C=C/c2nc(O)c([N+](=O)[O-])c(=O)[nH]2)cc(I)c1OC. The highest BCUT2D eigenvalue weighted by atomic mass is 127. The maximum atomic E-state index is 11.6. The van der Waals surface area contributed by atoms with Crippen LogP contribution in [0, 0.1) is 13.7 Å². The van der Waals surface area contributed by atoms with Gasteiger partial charge in [-0.25, -0.2) is 0 Å². The quantitative estimate of drug-likeness (QED) is 0.410. The van der Waals surface area contributed by atoms with E-state index in [1.165, 1.54) is 20.3 Å². The van der Waals surface area contributed by atoms with Gasteiger partial charge < -0.3 is 19.6 Å².